The lowest BCUT2D eigenvalue weighted by molar-refractivity contribution is 0.190. The molecule has 5 nitrogen and oxygen atoms in total. The first kappa shape index (κ1) is 13.8. The fourth-order valence-electron chi connectivity index (χ4n) is 2.99. The first-order valence-electron chi connectivity index (χ1n) is 7.02. The van der Waals surface area contributed by atoms with Crippen LogP contribution in [-0.4, -0.2) is 66.6 Å². The van der Waals surface area contributed by atoms with Gasteiger partial charge in [0.2, 0.25) is 0 Å². The van der Waals surface area contributed by atoms with Crippen molar-refractivity contribution in [2.24, 2.45) is 11.1 Å². The minimum Gasteiger partial charge on any atom is -0.395 e. The van der Waals surface area contributed by atoms with Crippen LogP contribution >= 0.6 is 0 Å². The van der Waals surface area contributed by atoms with Crippen LogP contribution < -0.4 is 5.73 Å². The van der Waals surface area contributed by atoms with Gasteiger partial charge in [0.05, 0.1) is 12.4 Å². The Balaban J connectivity index is 1.78. The van der Waals surface area contributed by atoms with E-state index in [0.29, 0.717) is 11.3 Å². The third-order valence-electron chi connectivity index (χ3n) is 4.18. The van der Waals surface area contributed by atoms with Crippen LogP contribution in [0, 0.1) is 10.8 Å². The Kier molecular flexibility index (Phi) is 4.59. The molecule has 0 atom stereocenters. The summed E-state index contributed by atoms with van der Waals surface area (Å²) in [6, 6.07) is 0. The van der Waals surface area contributed by atoms with Gasteiger partial charge in [-0.1, -0.05) is 0 Å². The maximum atomic E-state index is 8.98. The van der Waals surface area contributed by atoms with Crippen LogP contribution in [0.2, 0.25) is 0 Å². The van der Waals surface area contributed by atoms with Crippen LogP contribution in [0.15, 0.2) is 0 Å². The fourth-order valence-corrected chi connectivity index (χ4v) is 2.99. The summed E-state index contributed by atoms with van der Waals surface area (Å²) in [7, 11) is 0. The number of nitrogens with one attached hydrogen (secondary N) is 1. The highest BCUT2D eigenvalue weighted by Crippen LogP contribution is 2.49. The Morgan fingerprint density at radius 1 is 1.17 bits per heavy atom. The van der Waals surface area contributed by atoms with Gasteiger partial charge >= 0.3 is 0 Å². The van der Waals surface area contributed by atoms with Crippen molar-refractivity contribution in [2.75, 3.05) is 45.9 Å². The minimum absolute atomic E-state index is 0.258. The second-order valence-electron chi connectivity index (χ2n) is 5.90. The fraction of sp³-hybridized carbons (Fsp3) is 0.923. The van der Waals surface area contributed by atoms with Gasteiger partial charge in [-0.3, -0.25) is 10.3 Å². The highest BCUT2D eigenvalue weighted by Gasteiger charge is 2.44. The van der Waals surface area contributed by atoms with Gasteiger partial charge in [-0.25, -0.2) is 0 Å². The van der Waals surface area contributed by atoms with E-state index in [1.165, 1.54) is 19.3 Å². The predicted octanol–water partition coefficient (Wildman–Crippen LogP) is 0.0927. The molecule has 0 bridgehead atoms. The standard InChI is InChI=1S/C13H26N4O/c14-12(15)10-13(2-3-13)11-17-5-1-4-16(6-7-17)8-9-18/h18H,1-11H2,(H3,14,15). The van der Waals surface area contributed by atoms with Crippen LogP contribution in [0.5, 0.6) is 0 Å². The molecule has 1 aliphatic carbocycles. The van der Waals surface area contributed by atoms with E-state index in [1.807, 2.05) is 0 Å². The van der Waals surface area contributed by atoms with Crippen LogP contribution in [-0.2, 0) is 0 Å². The van der Waals surface area contributed by atoms with E-state index in [2.05, 4.69) is 9.80 Å². The van der Waals surface area contributed by atoms with E-state index >= 15 is 0 Å². The van der Waals surface area contributed by atoms with Crippen LogP contribution in [0.3, 0.4) is 0 Å². The van der Waals surface area contributed by atoms with Crippen molar-refractivity contribution in [1.82, 2.24) is 9.80 Å². The van der Waals surface area contributed by atoms with E-state index in [-0.39, 0.29) is 6.61 Å². The maximum absolute atomic E-state index is 8.98. The number of amidine groups is 1. The second kappa shape index (κ2) is 5.99. The van der Waals surface area contributed by atoms with E-state index in [0.717, 1.165) is 45.7 Å². The molecule has 0 aromatic rings. The quantitative estimate of drug-likeness (QED) is 0.464. The largest absolute Gasteiger partial charge is 0.395 e. The molecular formula is C13H26N4O. The lowest BCUT2D eigenvalue weighted by atomic mass is 10.0. The molecule has 0 spiro atoms. The number of aliphatic hydroxyl groups is 1. The molecule has 1 saturated heterocycles. The molecule has 0 aromatic carbocycles. The molecule has 18 heavy (non-hydrogen) atoms. The van der Waals surface area contributed by atoms with E-state index < -0.39 is 0 Å². The first-order chi connectivity index (χ1) is 8.63. The third-order valence-corrected chi connectivity index (χ3v) is 4.18. The van der Waals surface area contributed by atoms with Gasteiger partial charge in [0.1, 0.15) is 0 Å². The maximum Gasteiger partial charge on any atom is 0.0911 e. The summed E-state index contributed by atoms with van der Waals surface area (Å²) in [5, 5.41) is 16.4. The SMILES string of the molecule is N=C(N)CC1(CN2CCCN(CCO)CC2)CC1. The van der Waals surface area contributed by atoms with Gasteiger partial charge in [0, 0.05) is 32.6 Å². The molecule has 1 heterocycles. The smallest absolute Gasteiger partial charge is 0.0911 e. The molecule has 2 aliphatic rings. The zero-order valence-corrected chi connectivity index (χ0v) is 11.2. The Morgan fingerprint density at radius 3 is 2.44 bits per heavy atom. The summed E-state index contributed by atoms with van der Waals surface area (Å²) in [5.74, 6) is 0.337. The molecule has 104 valence electrons. The van der Waals surface area contributed by atoms with Crippen LogP contribution in [0.4, 0.5) is 0 Å². The van der Waals surface area contributed by atoms with Crippen molar-refractivity contribution in [2.45, 2.75) is 25.7 Å². The highest BCUT2D eigenvalue weighted by atomic mass is 16.3. The van der Waals surface area contributed by atoms with Gasteiger partial charge in [0.15, 0.2) is 0 Å². The number of β-amino-alcohol motifs (C(OH)–C–C–N with tert-alkyl or cyclic N) is 1. The summed E-state index contributed by atoms with van der Waals surface area (Å²) in [6.45, 7) is 6.52. The minimum atomic E-state index is 0.258. The number of nitrogens with zero attached hydrogens (tertiary/aromatic N) is 2. The van der Waals surface area contributed by atoms with Gasteiger partial charge in [-0.05, 0) is 37.8 Å². The van der Waals surface area contributed by atoms with Crippen molar-refractivity contribution in [3.8, 4) is 0 Å². The summed E-state index contributed by atoms with van der Waals surface area (Å²) in [6.07, 6.45) is 4.40. The highest BCUT2D eigenvalue weighted by molar-refractivity contribution is 5.78. The van der Waals surface area contributed by atoms with Crippen molar-refractivity contribution >= 4 is 5.84 Å². The molecular weight excluding hydrogens is 228 g/mol. The van der Waals surface area contributed by atoms with Crippen LogP contribution in [0.1, 0.15) is 25.7 Å². The molecule has 1 saturated carbocycles. The summed E-state index contributed by atoms with van der Waals surface area (Å²) in [5.41, 5.74) is 5.86. The van der Waals surface area contributed by atoms with Crippen molar-refractivity contribution in [3.05, 3.63) is 0 Å². The molecule has 2 rings (SSSR count). The third kappa shape index (κ3) is 3.93. The first-order valence-corrected chi connectivity index (χ1v) is 7.02. The Hall–Kier alpha value is -0.650. The number of rotatable bonds is 6. The predicted molar refractivity (Wildman–Crippen MR) is 72.8 cm³/mol. The van der Waals surface area contributed by atoms with Crippen molar-refractivity contribution < 1.29 is 5.11 Å². The summed E-state index contributed by atoms with van der Waals surface area (Å²) < 4.78 is 0. The average Bonchev–Trinajstić information content (AvgIpc) is 3.06. The number of hydrogen-bond acceptors (Lipinski definition) is 4. The van der Waals surface area contributed by atoms with E-state index in [1.54, 1.807) is 0 Å². The topological polar surface area (TPSA) is 76.6 Å². The molecule has 0 amide bonds. The molecule has 4 N–H and O–H groups in total. The Bertz CT molecular complexity index is 291. The zero-order chi connectivity index (χ0) is 13.0. The Labute approximate surface area is 109 Å². The normalized spacial score (nSPS) is 24.7. The lowest BCUT2D eigenvalue weighted by Crippen LogP contribution is -2.36. The van der Waals surface area contributed by atoms with Gasteiger partial charge in [-0.15, -0.1) is 0 Å². The Morgan fingerprint density at radius 2 is 1.83 bits per heavy atom. The molecule has 0 aromatic heterocycles. The van der Waals surface area contributed by atoms with Gasteiger partial charge < -0.3 is 15.7 Å². The average molecular weight is 254 g/mol. The molecule has 0 unspecified atom stereocenters. The summed E-state index contributed by atoms with van der Waals surface area (Å²) in [4.78, 5) is 4.86. The molecule has 2 fully saturated rings. The number of hydrogen-bond donors (Lipinski definition) is 3. The summed E-state index contributed by atoms with van der Waals surface area (Å²) >= 11 is 0. The number of aliphatic hydroxyl groups excluding tert-OH is 1. The monoisotopic (exact) mass is 254 g/mol. The number of nitrogens with two attached hydrogens (primary N) is 1. The van der Waals surface area contributed by atoms with Crippen molar-refractivity contribution in [3.63, 3.8) is 0 Å². The lowest BCUT2D eigenvalue weighted by Gasteiger charge is -2.26. The molecule has 5 heteroatoms. The van der Waals surface area contributed by atoms with Crippen molar-refractivity contribution in [1.29, 1.82) is 5.41 Å². The molecule has 0 radical (unpaired) electrons. The van der Waals surface area contributed by atoms with E-state index in [9.17, 15) is 0 Å². The van der Waals surface area contributed by atoms with Crippen LogP contribution in [0.25, 0.3) is 0 Å². The molecule has 1 aliphatic heterocycles. The van der Waals surface area contributed by atoms with Gasteiger partial charge in [0.25, 0.3) is 0 Å². The van der Waals surface area contributed by atoms with Gasteiger partial charge in [-0.2, -0.15) is 0 Å². The second-order valence-corrected chi connectivity index (χ2v) is 5.90. The zero-order valence-electron chi connectivity index (χ0n) is 11.2. The van der Waals surface area contributed by atoms with E-state index in [4.69, 9.17) is 16.2 Å².